The van der Waals surface area contributed by atoms with Crippen LogP contribution in [0.1, 0.15) is 27.2 Å². The standard InChI is InChI=1S/C25H31ClN3O9P/c1-6-15(3)36-23(32)16(4)28-39(34,38-19-10-8-18(26)9-11-19)35-14-20-22(31)25(33,7-2)24(37-20)29-13-12-21(30)27-17(29)5/h2,8-13,15-16,20,22,24,31,33H,5-6,14H2,1,3-4H3,(H,27,30)(H,28,34)/t15-,16+,20-,22-,24-,25-,39?/m1/s1. The Labute approximate surface area is 231 Å². The Balaban J connectivity index is 1.81. The van der Waals surface area contributed by atoms with Crippen molar-refractivity contribution in [3.8, 4) is 18.1 Å². The molecule has 3 rings (SSSR count). The van der Waals surface area contributed by atoms with E-state index < -0.39 is 56.3 Å². The van der Waals surface area contributed by atoms with Gasteiger partial charge >= 0.3 is 13.7 Å². The molecule has 1 amide bonds. The highest BCUT2D eigenvalue weighted by Crippen LogP contribution is 2.46. The van der Waals surface area contributed by atoms with Crippen molar-refractivity contribution in [2.75, 3.05) is 6.61 Å². The van der Waals surface area contributed by atoms with Crippen molar-refractivity contribution in [2.45, 2.75) is 63.4 Å². The number of carbonyl (C=O) groups is 2. The Morgan fingerprint density at radius 3 is 2.67 bits per heavy atom. The topological polar surface area (TPSA) is 156 Å². The number of terminal acetylenes is 1. The molecule has 14 heteroatoms. The van der Waals surface area contributed by atoms with Crippen LogP contribution in [0, 0.1) is 12.3 Å². The molecular weight excluding hydrogens is 553 g/mol. The van der Waals surface area contributed by atoms with Crippen molar-refractivity contribution in [1.29, 1.82) is 0 Å². The molecule has 1 aromatic rings. The number of aliphatic hydroxyl groups is 2. The van der Waals surface area contributed by atoms with Crippen LogP contribution in [-0.4, -0.2) is 69.8 Å². The minimum absolute atomic E-state index is 0.0435. The number of esters is 1. The molecule has 2 heterocycles. The Morgan fingerprint density at radius 2 is 2.08 bits per heavy atom. The number of aliphatic hydroxyl groups excluding tert-OH is 1. The van der Waals surface area contributed by atoms with Crippen molar-refractivity contribution in [3.05, 3.63) is 54.0 Å². The normalized spacial score (nSPS) is 27.7. The molecule has 39 heavy (non-hydrogen) atoms. The molecule has 12 nitrogen and oxygen atoms in total. The zero-order valence-corrected chi connectivity index (χ0v) is 23.2. The van der Waals surface area contributed by atoms with Crippen LogP contribution >= 0.6 is 19.3 Å². The van der Waals surface area contributed by atoms with Crippen molar-refractivity contribution >= 4 is 31.2 Å². The highest BCUT2D eigenvalue weighted by Gasteiger charge is 2.57. The zero-order valence-electron chi connectivity index (χ0n) is 21.6. The van der Waals surface area contributed by atoms with Crippen LogP contribution in [0.25, 0.3) is 0 Å². The van der Waals surface area contributed by atoms with E-state index in [4.69, 9.17) is 36.5 Å². The summed E-state index contributed by atoms with van der Waals surface area (Å²) in [7, 11) is -4.34. The molecule has 212 valence electrons. The average Bonchev–Trinajstić information content (AvgIpc) is 3.14. The Morgan fingerprint density at radius 1 is 1.41 bits per heavy atom. The van der Waals surface area contributed by atoms with Gasteiger partial charge in [-0.1, -0.05) is 31.0 Å². The number of hydrogen-bond acceptors (Lipinski definition) is 10. The molecule has 4 N–H and O–H groups in total. The molecule has 1 unspecified atom stereocenters. The van der Waals surface area contributed by atoms with Crippen molar-refractivity contribution < 1.29 is 42.9 Å². The summed E-state index contributed by atoms with van der Waals surface area (Å²) in [6.07, 6.45) is 3.75. The fourth-order valence-electron chi connectivity index (χ4n) is 3.61. The SMILES string of the molecule is C#C[C@@]1(O)[C@H](O)[C@@H](COP(=O)(N[C@@H](C)C(=O)O[C@H](C)CC)Oc2ccc(Cl)cc2)O[C@H]1N1C=CC(=O)NC1=C. The summed E-state index contributed by atoms with van der Waals surface area (Å²) in [6, 6.07) is 4.77. The zero-order chi connectivity index (χ0) is 29.0. The number of nitrogens with zero attached hydrogens (tertiary/aromatic N) is 1. The molecule has 0 bridgehead atoms. The van der Waals surface area contributed by atoms with Gasteiger partial charge in [-0.2, -0.15) is 5.09 Å². The first-order valence-corrected chi connectivity index (χ1v) is 13.9. The van der Waals surface area contributed by atoms with E-state index in [1.807, 2.05) is 6.92 Å². The van der Waals surface area contributed by atoms with Gasteiger partial charge in [-0.3, -0.25) is 14.1 Å². The molecule has 2 aliphatic rings. The van der Waals surface area contributed by atoms with Crippen LogP contribution in [0.2, 0.25) is 5.02 Å². The maximum absolute atomic E-state index is 13.8. The number of nitrogens with one attached hydrogen (secondary N) is 2. The van der Waals surface area contributed by atoms with Crippen LogP contribution in [0.5, 0.6) is 5.75 Å². The van der Waals surface area contributed by atoms with Gasteiger partial charge in [0.1, 0.15) is 29.8 Å². The molecule has 1 aromatic carbocycles. The molecule has 0 radical (unpaired) electrons. The van der Waals surface area contributed by atoms with E-state index in [9.17, 15) is 24.4 Å². The fraction of sp³-hybridized carbons (Fsp3) is 0.440. The van der Waals surface area contributed by atoms with E-state index in [0.29, 0.717) is 11.4 Å². The average molecular weight is 584 g/mol. The van der Waals surface area contributed by atoms with Gasteiger partial charge in [-0.05, 0) is 44.5 Å². The predicted octanol–water partition coefficient (Wildman–Crippen LogP) is 2.03. The van der Waals surface area contributed by atoms with Gasteiger partial charge in [0.05, 0.1) is 12.7 Å². The lowest BCUT2D eigenvalue weighted by Crippen LogP contribution is -2.54. The highest BCUT2D eigenvalue weighted by molar-refractivity contribution is 7.52. The summed E-state index contributed by atoms with van der Waals surface area (Å²) in [5.41, 5.74) is -2.27. The lowest BCUT2D eigenvalue weighted by molar-refractivity contribution is -0.150. The summed E-state index contributed by atoms with van der Waals surface area (Å²) < 4.78 is 36.0. The van der Waals surface area contributed by atoms with E-state index in [0.717, 1.165) is 6.08 Å². The third-order valence-corrected chi connectivity index (χ3v) is 7.87. The van der Waals surface area contributed by atoms with E-state index in [2.05, 4.69) is 22.9 Å². The van der Waals surface area contributed by atoms with E-state index in [1.54, 1.807) is 6.92 Å². The second-order valence-electron chi connectivity index (χ2n) is 8.95. The van der Waals surface area contributed by atoms with Gasteiger partial charge in [0.25, 0.3) is 5.91 Å². The van der Waals surface area contributed by atoms with Crippen LogP contribution < -0.4 is 14.9 Å². The van der Waals surface area contributed by atoms with Crippen molar-refractivity contribution in [2.24, 2.45) is 0 Å². The minimum Gasteiger partial charge on any atom is -0.462 e. The van der Waals surface area contributed by atoms with E-state index in [-0.39, 0.29) is 17.7 Å². The fourth-order valence-corrected chi connectivity index (χ4v) is 5.24. The van der Waals surface area contributed by atoms with Gasteiger partial charge in [0.2, 0.25) is 0 Å². The quantitative estimate of drug-likeness (QED) is 0.172. The first-order valence-electron chi connectivity index (χ1n) is 12.0. The molecule has 7 atom stereocenters. The van der Waals surface area contributed by atoms with Gasteiger partial charge in [-0.25, -0.2) is 4.57 Å². The molecule has 1 fully saturated rings. The number of rotatable bonds is 11. The number of benzene rings is 1. The van der Waals surface area contributed by atoms with E-state index >= 15 is 0 Å². The summed E-state index contributed by atoms with van der Waals surface area (Å²) in [5, 5.41) is 27.3. The van der Waals surface area contributed by atoms with Crippen LogP contribution in [-0.2, 0) is 28.2 Å². The summed E-state index contributed by atoms with van der Waals surface area (Å²) in [5.74, 6) is 1.12. The smallest absolute Gasteiger partial charge is 0.459 e. The Kier molecular flexibility index (Phi) is 9.85. The van der Waals surface area contributed by atoms with Gasteiger partial charge in [0, 0.05) is 17.3 Å². The predicted molar refractivity (Wildman–Crippen MR) is 141 cm³/mol. The second kappa shape index (κ2) is 12.5. The molecule has 0 spiro atoms. The van der Waals surface area contributed by atoms with Crippen molar-refractivity contribution in [1.82, 2.24) is 15.3 Å². The number of carbonyl (C=O) groups excluding carboxylic acids is 2. The third-order valence-electron chi connectivity index (χ3n) is 5.98. The molecular formula is C25H31ClN3O9P. The summed E-state index contributed by atoms with van der Waals surface area (Å²) >= 11 is 5.92. The Hall–Kier alpha value is -2.88. The van der Waals surface area contributed by atoms with E-state index in [1.165, 1.54) is 42.3 Å². The summed E-state index contributed by atoms with van der Waals surface area (Å²) in [4.78, 5) is 25.3. The van der Waals surface area contributed by atoms with Gasteiger partial charge in [-0.15, -0.1) is 6.42 Å². The van der Waals surface area contributed by atoms with Crippen LogP contribution in [0.4, 0.5) is 0 Å². The third kappa shape index (κ3) is 7.21. The van der Waals surface area contributed by atoms with Gasteiger partial charge in [0.15, 0.2) is 11.8 Å². The largest absolute Gasteiger partial charge is 0.462 e. The van der Waals surface area contributed by atoms with Crippen LogP contribution in [0.3, 0.4) is 0 Å². The van der Waals surface area contributed by atoms with Gasteiger partial charge < -0.3 is 34.4 Å². The lowest BCUT2D eigenvalue weighted by atomic mass is 9.94. The summed E-state index contributed by atoms with van der Waals surface area (Å²) in [6.45, 7) is 8.08. The lowest BCUT2D eigenvalue weighted by Gasteiger charge is -2.36. The maximum Gasteiger partial charge on any atom is 0.459 e. The number of halogens is 1. The number of amides is 1. The van der Waals surface area contributed by atoms with Crippen LogP contribution in [0.15, 0.2) is 48.9 Å². The minimum atomic E-state index is -4.34. The Bertz CT molecular complexity index is 1200. The molecule has 0 aliphatic carbocycles. The maximum atomic E-state index is 13.8. The molecule has 0 saturated carbocycles. The highest BCUT2D eigenvalue weighted by atomic mass is 35.5. The molecule has 1 saturated heterocycles. The number of ether oxygens (including phenoxy) is 2. The second-order valence-corrected chi connectivity index (χ2v) is 11.1. The number of hydrogen-bond donors (Lipinski definition) is 4. The molecule has 0 aromatic heterocycles. The first kappa shape index (κ1) is 30.7. The first-order chi connectivity index (χ1) is 18.3. The van der Waals surface area contributed by atoms with Crippen molar-refractivity contribution in [3.63, 3.8) is 0 Å². The monoisotopic (exact) mass is 583 g/mol. The molecule has 2 aliphatic heterocycles.